The van der Waals surface area contributed by atoms with Crippen molar-refractivity contribution >= 4 is 5.78 Å². The first-order valence-electron chi connectivity index (χ1n) is 5.10. The van der Waals surface area contributed by atoms with E-state index in [9.17, 15) is 9.90 Å². The van der Waals surface area contributed by atoms with E-state index in [0.717, 1.165) is 12.8 Å². The van der Waals surface area contributed by atoms with Crippen molar-refractivity contribution in [2.75, 3.05) is 0 Å². The van der Waals surface area contributed by atoms with Crippen LogP contribution in [0.3, 0.4) is 0 Å². The number of hydrogen-bond donors (Lipinski definition) is 1. The highest BCUT2D eigenvalue weighted by Crippen LogP contribution is 2.61. The zero-order valence-corrected chi connectivity index (χ0v) is 8.63. The Balaban J connectivity index is 2.44. The van der Waals surface area contributed by atoms with E-state index in [1.807, 2.05) is 0 Å². The predicted octanol–water partition coefficient (Wildman–Crippen LogP) is 1.76. The Morgan fingerprint density at radius 3 is 2.62 bits per heavy atom. The van der Waals surface area contributed by atoms with Gasteiger partial charge in [-0.3, -0.25) is 4.79 Å². The number of aliphatic hydroxyl groups is 1. The summed E-state index contributed by atoms with van der Waals surface area (Å²) in [7, 11) is 0. The summed E-state index contributed by atoms with van der Waals surface area (Å²) in [6.45, 7) is 6.45. The quantitative estimate of drug-likeness (QED) is 0.620. The molecule has 2 aliphatic rings. The zero-order valence-electron chi connectivity index (χ0n) is 8.63. The summed E-state index contributed by atoms with van der Waals surface area (Å²) in [5.41, 5.74) is -0.0483. The SMILES string of the molecule is CC1(C)[C@@H]2CC[C@@]1(C)[C@@H](O)C(=O)C2. The molecule has 0 spiro atoms. The molecule has 2 saturated carbocycles. The van der Waals surface area contributed by atoms with Gasteiger partial charge in [-0.15, -0.1) is 0 Å². The van der Waals surface area contributed by atoms with Gasteiger partial charge in [0.05, 0.1) is 0 Å². The number of Topliss-reactive ketones (excluding diaryl/α,β-unsaturated/α-hetero) is 1. The maximum absolute atomic E-state index is 11.5. The molecule has 2 aliphatic carbocycles. The number of fused-ring (bicyclic) bond motifs is 2. The van der Waals surface area contributed by atoms with Gasteiger partial charge in [0.15, 0.2) is 5.78 Å². The van der Waals surface area contributed by atoms with Gasteiger partial charge in [-0.05, 0) is 24.2 Å². The Hall–Kier alpha value is -0.370. The standard InChI is InChI=1S/C11H18O2/c1-10(2)7-4-5-11(10,3)9(13)8(12)6-7/h7,9,13H,4-6H2,1-3H3/t7-,9+,11+/m1/s1. The number of rotatable bonds is 0. The molecular formula is C11H18O2. The molecule has 2 bridgehead atoms. The lowest BCUT2D eigenvalue weighted by Gasteiger charge is -2.48. The van der Waals surface area contributed by atoms with Crippen LogP contribution in [0.5, 0.6) is 0 Å². The average molecular weight is 182 g/mol. The van der Waals surface area contributed by atoms with Gasteiger partial charge in [-0.2, -0.15) is 0 Å². The summed E-state index contributed by atoms with van der Waals surface area (Å²) in [6.07, 6.45) is 1.97. The molecule has 2 heteroatoms. The van der Waals surface area contributed by atoms with Crippen LogP contribution in [0, 0.1) is 16.7 Å². The number of aliphatic hydroxyl groups excluding tert-OH is 1. The van der Waals surface area contributed by atoms with Crippen molar-refractivity contribution in [3.05, 3.63) is 0 Å². The van der Waals surface area contributed by atoms with E-state index in [4.69, 9.17) is 0 Å². The lowest BCUT2D eigenvalue weighted by atomic mass is 9.57. The van der Waals surface area contributed by atoms with Crippen LogP contribution in [0.15, 0.2) is 0 Å². The first kappa shape index (κ1) is 9.20. The fourth-order valence-electron chi connectivity index (χ4n) is 3.18. The molecule has 0 saturated heterocycles. The highest BCUT2D eigenvalue weighted by Gasteiger charge is 2.60. The molecule has 0 aromatic rings. The van der Waals surface area contributed by atoms with Crippen molar-refractivity contribution in [3.8, 4) is 0 Å². The van der Waals surface area contributed by atoms with Crippen LogP contribution in [-0.2, 0) is 4.79 Å². The molecule has 13 heavy (non-hydrogen) atoms. The number of carbonyl (C=O) groups excluding carboxylic acids is 1. The molecule has 0 aromatic carbocycles. The monoisotopic (exact) mass is 182 g/mol. The van der Waals surface area contributed by atoms with Crippen LogP contribution < -0.4 is 0 Å². The molecule has 2 rings (SSSR count). The molecule has 0 unspecified atom stereocenters. The van der Waals surface area contributed by atoms with Gasteiger partial charge in [0.2, 0.25) is 0 Å². The fraction of sp³-hybridized carbons (Fsp3) is 0.909. The number of hydrogen-bond acceptors (Lipinski definition) is 2. The Bertz CT molecular complexity index is 257. The highest BCUT2D eigenvalue weighted by atomic mass is 16.3. The van der Waals surface area contributed by atoms with Gasteiger partial charge >= 0.3 is 0 Å². The van der Waals surface area contributed by atoms with E-state index in [-0.39, 0.29) is 16.6 Å². The topological polar surface area (TPSA) is 37.3 Å². The van der Waals surface area contributed by atoms with E-state index < -0.39 is 6.10 Å². The molecule has 0 radical (unpaired) electrons. The van der Waals surface area contributed by atoms with Gasteiger partial charge in [0.1, 0.15) is 6.10 Å². The largest absolute Gasteiger partial charge is 0.385 e. The summed E-state index contributed by atoms with van der Waals surface area (Å²) in [4.78, 5) is 11.5. The van der Waals surface area contributed by atoms with Crippen LogP contribution in [0.1, 0.15) is 40.0 Å². The Morgan fingerprint density at radius 2 is 2.00 bits per heavy atom. The number of ketones is 1. The van der Waals surface area contributed by atoms with Crippen molar-refractivity contribution in [3.63, 3.8) is 0 Å². The van der Waals surface area contributed by atoms with Gasteiger partial charge in [-0.1, -0.05) is 20.8 Å². The summed E-state index contributed by atoms with van der Waals surface area (Å²) in [5, 5.41) is 9.91. The van der Waals surface area contributed by atoms with Gasteiger partial charge in [0, 0.05) is 11.8 Å². The second-order valence-electron chi connectivity index (χ2n) is 5.45. The molecule has 0 heterocycles. The third-order valence-corrected chi connectivity index (χ3v) is 4.86. The average Bonchev–Trinajstić information content (AvgIpc) is 2.18. The lowest BCUT2D eigenvalue weighted by Crippen LogP contribution is -2.51. The van der Waals surface area contributed by atoms with E-state index in [2.05, 4.69) is 20.8 Å². The van der Waals surface area contributed by atoms with Gasteiger partial charge in [-0.25, -0.2) is 0 Å². The molecule has 0 amide bonds. The van der Waals surface area contributed by atoms with Crippen LogP contribution in [0.25, 0.3) is 0 Å². The van der Waals surface area contributed by atoms with Crippen molar-refractivity contribution in [2.45, 2.75) is 46.1 Å². The molecule has 0 aromatic heterocycles. The van der Waals surface area contributed by atoms with E-state index in [0.29, 0.717) is 12.3 Å². The van der Waals surface area contributed by atoms with Crippen LogP contribution in [-0.4, -0.2) is 17.0 Å². The third kappa shape index (κ3) is 0.899. The van der Waals surface area contributed by atoms with Gasteiger partial charge in [0.25, 0.3) is 0 Å². The second kappa shape index (κ2) is 2.35. The first-order chi connectivity index (χ1) is 5.89. The smallest absolute Gasteiger partial charge is 0.162 e. The summed E-state index contributed by atoms with van der Waals surface area (Å²) >= 11 is 0. The van der Waals surface area contributed by atoms with Crippen molar-refractivity contribution in [2.24, 2.45) is 16.7 Å². The van der Waals surface area contributed by atoms with Crippen LogP contribution in [0.4, 0.5) is 0 Å². The Kier molecular flexibility index (Phi) is 1.66. The molecule has 3 atom stereocenters. The predicted molar refractivity (Wildman–Crippen MR) is 50.2 cm³/mol. The number of carbonyl (C=O) groups is 1. The van der Waals surface area contributed by atoms with Crippen molar-refractivity contribution in [1.82, 2.24) is 0 Å². The third-order valence-electron chi connectivity index (χ3n) is 4.86. The van der Waals surface area contributed by atoms with Crippen LogP contribution in [0.2, 0.25) is 0 Å². The maximum atomic E-state index is 11.5. The zero-order chi connectivity index (χ0) is 9.85. The van der Waals surface area contributed by atoms with Crippen LogP contribution >= 0.6 is 0 Å². The molecule has 74 valence electrons. The fourth-order valence-corrected chi connectivity index (χ4v) is 3.18. The second-order valence-corrected chi connectivity index (χ2v) is 5.45. The minimum absolute atomic E-state index is 0.0596. The van der Waals surface area contributed by atoms with E-state index in [1.54, 1.807) is 0 Å². The molecule has 0 aliphatic heterocycles. The minimum atomic E-state index is -0.721. The lowest BCUT2D eigenvalue weighted by molar-refractivity contribution is -0.149. The Morgan fingerprint density at radius 1 is 1.38 bits per heavy atom. The van der Waals surface area contributed by atoms with E-state index in [1.165, 1.54) is 0 Å². The first-order valence-corrected chi connectivity index (χ1v) is 5.10. The summed E-state index contributed by atoms with van der Waals surface area (Å²) in [6, 6.07) is 0. The van der Waals surface area contributed by atoms with Crippen molar-refractivity contribution in [1.29, 1.82) is 0 Å². The molecule has 2 fully saturated rings. The minimum Gasteiger partial charge on any atom is -0.385 e. The Labute approximate surface area is 79.3 Å². The van der Waals surface area contributed by atoms with Crippen molar-refractivity contribution < 1.29 is 9.90 Å². The van der Waals surface area contributed by atoms with E-state index >= 15 is 0 Å². The highest BCUT2D eigenvalue weighted by molar-refractivity contribution is 5.85. The molecule has 2 nitrogen and oxygen atoms in total. The summed E-state index contributed by atoms with van der Waals surface area (Å²) in [5.74, 6) is 0.553. The normalized spacial score (nSPS) is 48.2. The molecule has 1 N–H and O–H groups in total. The maximum Gasteiger partial charge on any atom is 0.162 e. The van der Waals surface area contributed by atoms with Gasteiger partial charge < -0.3 is 5.11 Å². The summed E-state index contributed by atoms with van der Waals surface area (Å²) < 4.78 is 0. The molecular weight excluding hydrogens is 164 g/mol.